The first kappa shape index (κ1) is 20.4. The first-order valence-corrected chi connectivity index (χ1v) is 7.54. The normalized spacial score (nSPS) is 17.1. The Balaban J connectivity index is 0.00000288. The summed E-state index contributed by atoms with van der Waals surface area (Å²) in [4.78, 5) is 12.5. The van der Waals surface area contributed by atoms with E-state index in [2.05, 4.69) is 10.2 Å². The smallest absolute Gasteiger partial charge is 0.314 e. The Morgan fingerprint density at radius 2 is 1.92 bits per heavy atom. The van der Waals surface area contributed by atoms with Gasteiger partial charge in [0.25, 0.3) is 0 Å². The predicted octanol–water partition coefficient (Wildman–Crippen LogP) is 1.39. The number of aromatic hydroxyl groups is 2. The molecule has 1 aromatic rings. The fraction of sp³-hybridized carbons (Fsp3) is 0.600. The van der Waals surface area contributed by atoms with Crippen LogP contribution in [0.15, 0.2) is 12.1 Å². The molecule has 2 rings (SSSR count). The first-order valence-electron chi connectivity index (χ1n) is 7.54. The van der Waals surface area contributed by atoms with Gasteiger partial charge in [0.2, 0.25) is 5.75 Å². The highest BCUT2D eigenvalue weighted by Gasteiger charge is 2.37. The van der Waals surface area contributed by atoms with Crippen LogP contribution in [0.25, 0.3) is 0 Å². The van der Waals surface area contributed by atoms with Crippen LogP contribution in [-0.4, -0.2) is 57.9 Å². The van der Waals surface area contributed by atoms with Gasteiger partial charge in [0.1, 0.15) is 0 Å². The molecule has 4 N–H and O–H groups in total. The SMILES string of the molecule is CC(C)(CO)[C@@H](c1cc(O)c(O)c([N+](=O)[O-])c1)N1CCNCC1.Cl. The molecule has 1 heterocycles. The highest BCUT2D eigenvalue weighted by atomic mass is 35.5. The van der Waals surface area contributed by atoms with E-state index >= 15 is 0 Å². The number of nitro groups is 1. The number of nitrogens with one attached hydrogen (secondary N) is 1. The van der Waals surface area contributed by atoms with Gasteiger partial charge in [-0.1, -0.05) is 13.8 Å². The number of phenols is 2. The predicted molar refractivity (Wildman–Crippen MR) is 91.7 cm³/mol. The molecule has 1 saturated heterocycles. The minimum absolute atomic E-state index is 0. The topological polar surface area (TPSA) is 119 Å². The van der Waals surface area contributed by atoms with Gasteiger partial charge in [-0.25, -0.2) is 0 Å². The van der Waals surface area contributed by atoms with Crippen LogP contribution >= 0.6 is 12.4 Å². The highest BCUT2D eigenvalue weighted by molar-refractivity contribution is 5.85. The number of halogens is 1. The first-order chi connectivity index (χ1) is 10.8. The molecule has 24 heavy (non-hydrogen) atoms. The molecule has 0 unspecified atom stereocenters. The molecule has 0 aliphatic carbocycles. The Kier molecular flexibility index (Phi) is 6.79. The van der Waals surface area contributed by atoms with E-state index < -0.39 is 27.5 Å². The maximum atomic E-state index is 11.1. The number of rotatable bonds is 5. The van der Waals surface area contributed by atoms with E-state index in [1.807, 2.05) is 13.8 Å². The van der Waals surface area contributed by atoms with Crippen LogP contribution in [0.4, 0.5) is 5.69 Å². The molecule has 1 aromatic carbocycles. The lowest BCUT2D eigenvalue weighted by atomic mass is 9.79. The van der Waals surface area contributed by atoms with Crippen LogP contribution in [0.3, 0.4) is 0 Å². The van der Waals surface area contributed by atoms with Crippen molar-refractivity contribution in [2.24, 2.45) is 5.41 Å². The molecule has 8 nitrogen and oxygen atoms in total. The van der Waals surface area contributed by atoms with E-state index in [0.717, 1.165) is 26.2 Å². The number of benzene rings is 1. The summed E-state index contributed by atoms with van der Waals surface area (Å²) in [5.41, 5.74) is -0.601. The van der Waals surface area contributed by atoms with Gasteiger partial charge in [-0.15, -0.1) is 12.4 Å². The minimum atomic E-state index is -0.736. The standard InChI is InChI=1S/C15H23N3O5.ClH/c1-15(2,9-19)14(17-5-3-16-4-6-17)10-7-11(18(22)23)13(21)12(20)8-10;/h7-8,14,16,19-21H,3-6,9H2,1-2H3;1H/t14-;/m1./s1. The molecule has 1 aliphatic rings. The zero-order valence-electron chi connectivity index (χ0n) is 13.7. The maximum absolute atomic E-state index is 11.1. The van der Waals surface area contributed by atoms with E-state index in [1.54, 1.807) is 0 Å². The van der Waals surface area contributed by atoms with Crippen LogP contribution in [0, 0.1) is 15.5 Å². The van der Waals surface area contributed by atoms with Gasteiger partial charge in [-0.05, 0) is 11.6 Å². The van der Waals surface area contributed by atoms with Gasteiger partial charge in [-0.3, -0.25) is 15.0 Å². The number of aliphatic hydroxyl groups is 1. The zero-order chi connectivity index (χ0) is 17.2. The molecule has 0 saturated carbocycles. The Bertz CT molecular complexity index is 591. The van der Waals surface area contributed by atoms with Crippen molar-refractivity contribution in [3.05, 3.63) is 27.8 Å². The van der Waals surface area contributed by atoms with Crippen LogP contribution in [0.2, 0.25) is 0 Å². The van der Waals surface area contributed by atoms with Crippen molar-refractivity contribution in [2.45, 2.75) is 19.9 Å². The van der Waals surface area contributed by atoms with Crippen molar-refractivity contribution < 1.29 is 20.2 Å². The molecule has 1 aliphatic heterocycles. The Morgan fingerprint density at radius 3 is 2.42 bits per heavy atom. The number of hydrogen-bond donors (Lipinski definition) is 4. The average Bonchev–Trinajstić information content (AvgIpc) is 2.51. The summed E-state index contributed by atoms with van der Waals surface area (Å²) >= 11 is 0. The van der Waals surface area contributed by atoms with Gasteiger partial charge < -0.3 is 20.6 Å². The molecule has 0 radical (unpaired) electrons. The van der Waals surface area contributed by atoms with Crippen LogP contribution in [0.1, 0.15) is 25.5 Å². The lowest BCUT2D eigenvalue weighted by Crippen LogP contribution is -2.49. The van der Waals surface area contributed by atoms with Gasteiger partial charge in [0, 0.05) is 50.3 Å². The van der Waals surface area contributed by atoms with Gasteiger partial charge >= 0.3 is 5.69 Å². The molecule has 1 fully saturated rings. The van der Waals surface area contributed by atoms with Gasteiger partial charge in [0.15, 0.2) is 5.75 Å². The number of nitro benzene ring substituents is 1. The van der Waals surface area contributed by atoms with E-state index in [-0.39, 0.29) is 25.1 Å². The Morgan fingerprint density at radius 1 is 1.33 bits per heavy atom. The third kappa shape index (κ3) is 4.07. The minimum Gasteiger partial charge on any atom is -0.504 e. The second-order valence-electron chi connectivity index (χ2n) is 6.50. The second-order valence-corrected chi connectivity index (χ2v) is 6.50. The molecule has 9 heteroatoms. The van der Waals surface area contributed by atoms with E-state index in [0.29, 0.717) is 5.56 Å². The zero-order valence-corrected chi connectivity index (χ0v) is 14.5. The van der Waals surface area contributed by atoms with Crippen LogP contribution < -0.4 is 5.32 Å². The van der Waals surface area contributed by atoms with Gasteiger partial charge in [-0.2, -0.15) is 0 Å². The summed E-state index contributed by atoms with van der Waals surface area (Å²) in [7, 11) is 0. The fourth-order valence-electron chi connectivity index (χ4n) is 3.11. The number of piperazine rings is 1. The maximum Gasteiger partial charge on any atom is 0.314 e. The molecule has 0 spiro atoms. The van der Waals surface area contributed by atoms with E-state index in [1.165, 1.54) is 12.1 Å². The molecular formula is C15H24ClN3O5. The Hall–Kier alpha value is -1.61. The monoisotopic (exact) mass is 361 g/mol. The van der Waals surface area contributed by atoms with Gasteiger partial charge in [0.05, 0.1) is 4.92 Å². The van der Waals surface area contributed by atoms with E-state index in [4.69, 9.17) is 0 Å². The van der Waals surface area contributed by atoms with Crippen molar-refractivity contribution in [1.82, 2.24) is 10.2 Å². The number of aliphatic hydroxyl groups excluding tert-OH is 1. The molecule has 136 valence electrons. The summed E-state index contributed by atoms with van der Waals surface area (Å²) in [6.45, 7) is 6.64. The summed E-state index contributed by atoms with van der Waals surface area (Å²) in [6.07, 6.45) is 0. The summed E-state index contributed by atoms with van der Waals surface area (Å²) in [5.74, 6) is -1.26. The number of nitrogens with zero attached hydrogens (tertiary/aromatic N) is 2. The quantitative estimate of drug-likeness (QED) is 0.355. The third-order valence-electron chi connectivity index (χ3n) is 4.27. The fourth-order valence-corrected chi connectivity index (χ4v) is 3.11. The van der Waals surface area contributed by atoms with E-state index in [9.17, 15) is 25.4 Å². The second kappa shape index (κ2) is 7.98. The summed E-state index contributed by atoms with van der Waals surface area (Å²) in [6, 6.07) is 2.30. The average molecular weight is 362 g/mol. The molecule has 1 atom stereocenters. The van der Waals surface area contributed by atoms with Crippen molar-refractivity contribution in [1.29, 1.82) is 0 Å². The lowest BCUT2D eigenvalue weighted by molar-refractivity contribution is -0.386. The highest BCUT2D eigenvalue weighted by Crippen LogP contribution is 2.44. The van der Waals surface area contributed by atoms with Crippen molar-refractivity contribution in [3.63, 3.8) is 0 Å². The van der Waals surface area contributed by atoms with Crippen molar-refractivity contribution in [2.75, 3.05) is 32.8 Å². The molecule has 0 aromatic heterocycles. The number of phenolic OH excluding ortho intramolecular Hbond substituents is 2. The van der Waals surface area contributed by atoms with Crippen LogP contribution in [0.5, 0.6) is 11.5 Å². The Labute approximate surface area is 146 Å². The molecule has 0 bridgehead atoms. The van der Waals surface area contributed by atoms with Crippen molar-refractivity contribution in [3.8, 4) is 11.5 Å². The largest absolute Gasteiger partial charge is 0.504 e. The lowest BCUT2D eigenvalue weighted by Gasteiger charge is -2.43. The molecular weight excluding hydrogens is 338 g/mol. The number of hydrogen-bond acceptors (Lipinski definition) is 7. The molecule has 0 amide bonds. The summed E-state index contributed by atoms with van der Waals surface area (Å²) in [5, 5.41) is 43.7. The van der Waals surface area contributed by atoms with Crippen LogP contribution in [-0.2, 0) is 0 Å². The summed E-state index contributed by atoms with van der Waals surface area (Å²) < 4.78 is 0. The van der Waals surface area contributed by atoms with Crippen molar-refractivity contribution >= 4 is 18.1 Å². The third-order valence-corrected chi connectivity index (χ3v) is 4.27.